The van der Waals surface area contributed by atoms with Gasteiger partial charge in [-0.05, 0) is 55.3 Å². The van der Waals surface area contributed by atoms with Crippen LogP contribution in [0.4, 0.5) is 5.69 Å². The van der Waals surface area contributed by atoms with Crippen molar-refractivity contribution in [2.45, 2.75) is 13.8 Å². The molecule has 2 aromatic carbocycles. The maximum absolute atomic E-state index is 12.5. The average molecular weight is 429 g/mol. The first-order chi connectivity index (χ1) is 14.4. The Bertz CT molecular complexity index is 1010. The highest BCUT2D eigenvalue weighted by Crippen LogP contribution is 2.37. The van der Waals surface area contributed by atoms with Crippen LogP contribution in [-0.2, 0) is 14.3 Å². The number of rotatable bonds is 8. The van der Waals surface area contributed by atoms with E-state index in [1.165, 1.54) is 19.3 Å². The smallest absolute Gasteiger partial charge is 0.343 e. The minimum absolute atomic E-state index is 0.113. The van der Waals surface area contributed by atoms with Gasteiger partial charge in [0.1, 0.15) is 11.6 Å². The Labute approximate surface area is 179 Å². The molecule has 7 nitrogen and oxygen atoms in total. The average Bonchev–Trinajstić information content (AvgIpc) is 2.71. The Balaban J connectivity index is 2.31. The fourth-order valence-corrected chi connectivity index (χ4v) is 2.77. The predicted molar refractivity (Wildman–Crippen MR) is 114 cm³/mol. The number of ether oxygens (including phenoxy) is 3. The van der Waals surface area contributed by atoms with Crippen molar-refractivity contribution in [2.24, 2.45) is 0 Å². The summed E-state index contributed by atoms with van der Waals surface area (Å²) in [5, 5.41) is 12.3. The molecule has 156 valence electrons. The number of esters is 1. The summed E-state index contributed by atoms with van der Waals surface area (Å²) in [5.41, 5.74) is 1.91. The highest BCUT2D eigenvalue weighted by atomic mass is 35.5. The first-order valence-corrected chi connectivity index (χ1v) is 9.41. The van der Waals surface area contributed by atoms with E-state index in [0.717, 1.165) is 5.56 Å². The molecule has 0 spiro atoms. The first kappa shape index (κ1) is 22.8. The van der Waals surface area contributed by atoms with Crippen LogP contribution in [0.3, 0.4) is 0 Å². The lowest BCUT2D eigenvalue weighted by Gasteiger charge is -2.14. The van der Waals surface area contributed by atoms with Crippen LogP contribution in [0.5, 0.6) is 11.5 Å². The number of nitrogens with one attached hydrogen (secondary N) is 1. The Morgan fingerprint density at radius 2 is 2.00 bits per heavy atom. The second-order valence-electron chi connectivity index (χ2n) is 6.12. The second-order valence-corrected chi connectivity index (χ2v) is 6.53. The lowest BCUT2D eigenvalue weighted by Crippen LogP contribution is -2.14. The molecule has 0 aliphatic carbocycles. The molecule has 1 N–H and O–H groups in total. The second kappa shape index (κ2) is 10.9. The minimum atomic E-state index is -0.572. The molecule has 0 unspecified atom stereocenters. The van der Waals surface area contributed by atoms with E-state index >= 15 is 0 Å². The molecular weight excluding hydrogens is 408 g/mol. The largest absolute Gasteiger partial charge is 0.490 e. The van der Waals surface area contributed by atoms with Crippen molar-refractivity contribution in [2.75, 3.05) is 25.6 Å². The van der Waals surface area contributed by atoms with Crippen molar-refractivity contribution in [3.8, 4) is 17.6 Å². The summed E-state index contributed by atoms with van der Waals surface area (Å²) in [6.07, 6.45) is 1.39. The molecule has 0 saturated carbocycles. The van der Waals surface area contributed by atoms with Crippen LogP contribution in [0.15, 0.2) is 42.0 Å². The number of halogens is 1. The van der Waals surface area contributed by atoms with Crippen LogP contribution in [-0.4, -0.2) is 32.2 Å². The van der Waals surface area contributed by atoms with E-state index in [1.807, 2.05) is 25.1 Å². The van der Waals surface area contributed by atoms with E-state index in [2.05, 4.69) is 10.1 Å². The van der Waals surface area contributed by atoms with Gasteiger partial charge in [0, 0.05) is 5.69 Å². The number of carbonyl (C=O) groups is 2. The number of methoxy groups -OCH3 is 1. The van der Waals surface area contributed by atoms with Gasteiger partial charge < -0.3 is 19.5 Å². The monoisotopic (exact) mass is 428 g/mol. The number of carbonyl (C=O) groups excluding carboxylic acids is 2. The Kier molecular flexibility index (Phi) is 8.27. The van der Waals surface area contributed by atoms with Gasteiger partial charge in [-0.15, -0.1) is 0 Å². The predicted octanol–water partition coefficient (Wildman–Crippen LogP) is 4.14. The number of aryl methyl sites for hydroxylation is 1. The minimum Gasteiger partial charge on any atom is -0.490 e. The summed E-state index contributed by atoms with van der Waals surface area (Å²) in [4.78, 5) is 23.8. The van der Waals surface area contributed by atoms with Gasteiger partial charge in [0.15, 0.2) is 18.1 Å². The van der Waals surface area contributed by atoms with Gasteiger partial charge in [0.25, 0.3) is 5.91 Å². The summed E-state index contributed by atoms with van der Waals surface area (Å²) < 4.78 is 15.5. The van der Waals surface area contributed by atoms with Crippen LogP contribution in [0.1, 0.15) is 18.1 Å². The van der Waals surface area contributed by atoms with Crippen molar-refractivity contribution < 1.29 is 23.8 Å². The summed E-state index contributed by atoms with van der Waals surface area (Å²) in [7, 11) is 1.25. The molecule has 0 aromatic heterocycles. The van der Waals surface area contributed by atoms with Gasteiger partial charge in [-0.2, -0.15) is 5.26 Å². The quantitative estimate of drug-likeness (QED) is 0.385. The van der Waals surface area contributed by atoms with Gasteiger partial charge in [0.05, 0.1) is 18.7 Å². The number of benzene rings is 2. The molecule has 0 aliphatic heterocycles. The molecule has 30 heavy (non-hydrogen) atoms. The lowest BCUT2D eigenvalue weighted by molar-refractivity contribution is -0.142. The topological polar surface area (TPSA) is 97.6 Å². The van der Waals surface area contributed by atoms with Crippen LogP contribution < -0.4 is 14.8 Å². The number of anilines is 1. The molecule has 0 aliphatic rings. The lowest BCUT2D eigenvalue weighted by atomic mass is 10.1. The van der Waals surface area contributed by atoms with Crippen molar-refractivity contribution in [1.29, 1.82) is 5.26 Å². The molecule has 0 heterocycles. The maximum atomic E-state index is 12.5. The molecule has 0 bridgehead atoms. The molecule has 0 fully saturated rings. The molecule has 0 saturated heterocycles. The summed E-state index contributed by atoms with van der Waals surface area (Å²) in [6.45, 7) is 3.65. The van der Waals surface area contributed by atoms with E-state index in [0.29, 0.717) is 17.9 Å². The molecule has 8 heteroatoms. The summed E-state index contributed by atoms with van der Waals surface area (Å²) >= 11 is 6.28. The third-order valence-corrected chi connectivity index (χ3v) is 4.13. The molecule has 1 amide bonds. The van der Waals surface area contributed by atoms with E-state index in [1.54, 1.807) is 25.1 Å². The number of hydrogen-bond acceptors (Lipinski definition) is 6. The van der Waals surface area contributed by atoms with Crippen molar-refractivity contribution in [3.05, 3.63) is 58.1 Å². The first-order valence-electron chi connectivity index (χ1n) is 9.03. The van der Waals surface area contributed by atoms with Crippen LogP contribution in [0.25, 0.3) is 6.08 Å². The van der Waals surface area contributed by atoms with E-state index in [4.69, 9.17) is 21.1 Å². The fourth-order valence-electron chi connectivity index (χ4n) is 2.50. The van der Waals surface area contributed by atoms with E-state index in [-0.39, 0.29) is 28.7 Å². The highest BCUT2D eigenvalue weighted by molar-refractivity contribution is 6.32. The van der Waals surface area contributed by atoms with Crippen LogP contribution >= 0.6 is 11.6 Å². The summed E-state index contributed by atoms with van der Waals surface area (Å²) in [6, 6.07) is 12.2. The molecular formula is C22H21ClN2O5. The highest BCUT2D eigenvalue weighted by Gasteiger charge is 2.16. The third kappa shape index (κ3) is 6.26. The van der Waals surface area contributed by atoms with E-state index < -0.39 is 11.9 Å². The van der Waals surface area contributed by atoms with Crippen molar-refractivity contribution in [1.82, 2.24) is 0 Å². The number of nitrogens with zero attached hydrogens (tertiary/aromatic N) is 1. The zero-order valence-corrected chi connectivity index (χ0v) is 17.6. The van der Waals surface area contributed by atoms with Crippen molar-refractivity contribution >= 4 is 35.2 Å². The maximum Gasteiger partial charge on any atom is 0.343 e. The van der Waals surface area contributed by atoms with Gasteiger partial charge >= 0.3 is 5.97 Å². The standard InChI is InChI=1S/C22H21ClN2O5/c1-4-29-19-11-15(10-18(23)21(19)30-13-20(26)28-3)9-16(12-24)22(27)25-17-7-5-6-14(2)8-17/h5-11H,4,13H2,1-3H3,(H,25,27)/b16-9+. The molecule has 2 aromatic rings. The molecule has 0 atom stereocenters. The van der Waals surface area contributed by atoms with Gasteiger partial charge in [-0.1, -0.05) is 23.7 Å². The third-order valence-electron chi connectivity index (χ3n) is 3.85. The fraction of sp³-hybridized carbons (Fsp3) is 0.227. The zero-order valence-electron chi connectivity index (χ0n) is 16.8. The Morgan fingerprint density at radius 1 is 1.23 bits per heavy atom. The van der Waals surface area contributed by atoms with Crippen LogP contribution in [0, 0.1) is 18.3 Å². The molecule has 0 radical (unpaired) electrons. The Morgan fingerprint density at radius 3 is 2.63 bits per heavy atom. The SMILES string of the molecule is CCOc1cc(/C=C(\C#N)C(=O)Nc2cccc(C)c2)cc(Cl)c1OCC(=O)OC. The zero-order chi connectivity index (χ0) is 22.1. The van der Waals surface area contributed by atoms with Gasteiger partial charge in [0.2, 0.25) is 0 Å². The van der Waals surface area contributed by atoms with E-state index in [9.17, 15) is 14.9 Å². The van der Waals surface area contributed by atoms with Gasteiger partial charge in [-0.25, -0.2) is 4.79 Å². The number of amides is 1. The number of nitriles is 1. The Hall–Kier alpha value is -3.50. The van der Waals surface area contributed by atoms with Crippen molar-refractivity contribution in [3.63, 3.8) is 0 Å². The van der Waals surface area contributed by atoms with Gasteiger partial charge in [-0.3, -0.25) is 4.79 Å². The summed E-state index contributed by atoms with van der Waals surface area (Å²) in [5.74, 6) is -0.680. The van der Waals surface area contributed by atoms with Crippen LogP contribution in [0.2, 0.25) is 5.02 Å². The normalized spacial score (nSPS) is 10.7. The molecule has 2 rings (SSSR count). The number of hydrogen-bond donors (Lipinski definition) is 1.